The van der Waals surface area contributed by atoms with E-state index in [0.717, 1.165) is 29.9 Å². The van der Waals surface area contributed by atoms with Gasteiger partial charge >= 0.3 is 0 Å². The van der Waals surface area contributed by atoms with Gasteiger partial charge in [-0.2, -0.15) is 0 Å². The van der Waals surface area contributed by atoms with Crippen LogP contribution in [0, 0.1) is 0 Å². The van der Waals surface area contributed by atoms with Crippen molar-refractivity contribution >= 4 is 21.6 Å². The van der Waals surface area contributed by atoms with Crippen LogP contribution in [-0.2, 0) is 13.1 Å². The summed E-state index contributed by atoms with van der Waals surface area (Å²) in [5, 5.41) is 0. The monoisotopic (exact) mass is 374 g/mol. The Morgan fingerprint density at radius 3 is 2.83 bits per heavy atom. The van der Waals surface area contributed by atoms with Crippen LogP contribution in [0.25, 0.3) is 0 Å². The number of likely N-dealkylation sites (N-methyl/N-ethyl adjacent to an activating group) is 1. The van der Waals surface area contributed by atoms with Crippen LogP contribution >= 0.6 is 15.9 Å². The number of methoxy groups -OCH3 is 1. The highest BCUT2D eigenvalue weighted by Crippen LogP contribution is 2.30. The lowest BCUT2D eigenvalue weighted by Crippen LogP contribution is -2.37. The third kappa shape index (κ3) is 3.70. The molecule has 0 fully saturated rings. The molecule has 0 N–H and O–H groups in total. The Balaban J connectivity index is 1.86. The smallest absolute Gasteiger partial charge is 0.119 e. The second-order valence-electron chi connectivity index (χ2n) is 6.26. The maximum absolute atomic E-state index is 5.35. The van der Waals surface area contributed by atoms with E-state index in [2.05, 4.69) is 76.1 Å². The molecule has 1 heterocycles. The summed E-state index contributed by atoms with van der Waals surface area (Å²) in [4.78, 5) is 4.89. The van der Waals surface area contributed by atoms with Crippen LogP contribution in [0.4, 0.5) is 5.69 Å². The molecule has 4 heteroatoms. The summed E-state index contributed by atoms with van der Waals surface area (Å²) in [5.74, 6) is 0.923. The van der Waals surface area contributed by atoms with Gasteiger partial charge in [0.1, 0.15) is 5.75 Å². The quantitative estimate of drug-likeness (QED) is 0.796. The summed E-state index contributed by atoms with van der Waals surface area (Å²) >= 11 is 3.59. The molecule has 0 unspecified atom stereocenters. The Bertz CT molecular complexity index is 689. The van der Waals surface area contributed by atoms with Crippen molar-refractivity contribution < 1.29 is 4.74 Å². The number of rotatable bonds is 3. The van der Waals surface area contributed by atoms with Gasteiger partial charge in [-0.15, -0.1) is 0 Å². The lowest BCUT2D eigenvalue weighted by Gasteiger charge is -2.28. The van der Waals surface area contributed by atoms with Crippen LogP contribution in [0.5, 0.6) is 5.75 Å². The van der Waals surface area contributed by atoms with Gasteiger partial charge < -0.3 is 9.64 Å². The second kappa shape index (κ2) is 6.93. The number of hydrogen-bond donors (Lipinski definition) is 0. The van der Waals surface area contributed by atoms with E-state index in [9.17, 15) is 0 Å². The molecule has 2 aromatic rings. The first-order valence-corrected chi connectivity index (χ1v) is 8.72. The molecule has 0 aromatic heterocycles. The molecule has 0 bridgehead atoms. The molecule has 0 aliphatic carbocycles. The first-order valence-electron chi connectivity index (χ1n) is 7.93. The van der Waals surface area contributed by atoms with E-state index < -0.39 is 0 Å². The van der Waals surface area contributed by atoms with Gasteiger partial charge in [-0.1, -0.05) is 34.1 Å². The Morgan fingerprint density at radius 1 is 1.22 bits per heavy atom. The molecule has 1 aliphatic heterocycles. The topological polar surface area (TPSA) is 15.7 Å². The summed E-state index contributed by atoms with van der Waals surface area (Å²) in [5.41, 5.74) is 3.99. The van der Waals surface area contributed by atoms with Crippen molar-refractivity contribution in [3.8, 4) is 5.75 Å². The molecule has 0 amide bonds. The minimum atomic E-state index is 0.484. The van der Waals surface area contributed by atoms with E-state index in [-0.39, 0.29) is 0 Å². The molecule has 3 nitrogen and oxygen atoms in total. The van der Waals surface area contributed by atoms with Crippen LogP contribution in [0.2, 0.25) is 0 Å². The minimum absolute atomic E-state index is 0.484. The van der Waals surface area contributed by atoms with E-state index in [1.165, 1.54) is 16.8 Å². The molecular weight excluding hydrogens is 352 g/mol. The van der Waals surface area contributed by atoms with Gasteiger partial charge in [0.05, 0.1) is 7.11 Å². The number of ether oxygens (including phenoxy) is 1. The van der Waals surface area contributed by atoms with E-state index in [1.54, 1.807) is 7.11 Å². The summed E-state index contributed by atoms with van der Waals surface area (Å²) in [6.45, 7) is 5.22. The molecule has 1 aliphatic rings. The second-order valence-corrected chi connectivity index (χ2v) is 7.17. The van der Waals surface area contributed by atoms with Crippen molar-refractivity contribution in [1.82, 2.24) is 4.90 Å². The van der Waals surface area contributed by atoms with E-state index >= 15 is 0 Å². The number of halogens is 1. The summed E-state index contributed by atoms with van der Waals surface area (Å²) in [6.07, 6.45) is 0. The van der Waals surface area contributed by atoms with Crippen molar-refractivity contribution in [3.63, 3.8) is 0 Å². The highest BCUT2D eigenvalue weighted by atomic mass is 79.9. The van der Waals surface area contributed by atoms with E-state index in [1.807, 2.05) is 6.07 Å². The normalized spacial score (nSPS) is 18.4. The fourth-order valence-corrected chi connectivity index (χ4v) is 3.58. The predicted molar refractivity (Wildman–Crippen MR) is 99.1 cm³/mol. The molecule has 3 rings (SSSR count). The van der Waals surface area contributed by atoms with Gasteiger partial charge in [-0.3, -0.25) is 4.90 Å². The van der Waals surface area contributed by atoms with Crippen molar-refractivity contribution in [3.05, 3.63) is 58.1 Å². The van der Waals surface area contributed by atoms with Crippen molar-refractivity contribution in [2.45, 2.75) is 26.1 Å². The van der Waals surface area contributed by atoms with Gasteiger partial charge in [0.15, 0.2) is 0 Å². The molecule has 2 aromatic carbocycles. The van der Waals surface area contributed by atoms with Gasteiger partial charge in [0.25, 0.3) is 0 Å². The van der Waals surface area contributed by atoms with E-state index in [4.69, 9.17) is 4.74 Å². The van der Waals surface area contributed by atoms with Crippen LogP contribution in [-0.4, -0.2) is 31.6 Å². The maximum Gasteiger partial charge on any atom is 0.119 e. The van der Waals surface area contributed by atoms with Crippen LogP contribution in [0.3, 0.4) is 0 Å². The Kier molecular flexibility index (Phi) is 4.93. The summed E-state index contributed by atoms with van der Waals surface area (Å²) < 4.78 is 6.49. The van der Waals surface area contributed by atoms with Crippen LogP contribution < -0.4 is 9.64 Å². The highest BCUT2D eigenvalue weighted by Gasteiger charge is 2.23. The van der Waals surface area contributed by atoms with Crippen molar-refractivity contribution in [2.24, 2.45) is 0 Å². The first-order chi connectivity index (χ1) is 11.1. The fourth-order valence-electron chi connectivity index (χ4n) is 3.23. The number of hydrogen-bond acceptors (Lipinski definition) is 3. The Morgan fingerprint density at radius 2 is 2.04 bits per heavy atom. The molecule has 0 saturated heterocycles. The van der Waals surface area contributed by atoms with Crippen LogP contribution in [0.1, 0.15) is 18.1 Å². The number of benzene rings is 2. The van der Waals surface area contributed by atoms with Gasteiger partial charge in [-0.25, -0.2) is 0 Å². The Hall–Kier alpha value is -1.52. The van der Waals surface area contributed by atoms with Gasteiger partial charge in [0, 0.05) is 42.9 Å². The van der Waals surface area contributed by atoms with Crippen molar-refractivity contribution in [1.29, 1.82) is 0 Å². The summed E-state index contributed by atoms with van der Waals surface area (Å²) in [6, 6.07) is 15.4. The third-order valence-electron chi connectivity index (χ3n) is 4.51. The largest absolute Gasteiger partial charge is 0.497 e. The third-order valence-corrected chi connectivity index (χ3v) is 5.01. The molecule has 23 heavy (non-hydrogen) atoms. The lowest BCUT2D eigenvalue weighted by molar-refractivity contribution is 0.199. The zero-order valence-corrected chi connectivity index (χ0v) is 15.5. The standard InChI is InChI=1S/C19H23BrN2O/c1-14-11-21(2)19-10-17(20)8-7-16(19)13-22(14)12-15-5-4-6-18(9-15)23-3/h4-10,14H,11-13H2,1-3H3/t14-/m1/s1. The molecule has 122 valence electrons. The lowest BCUT2D eigenvalue weighted by atomic mass is 10.1. The zero-order chi connectivity index (χ0) is 16.4. The minimum Gasteiger partial charge on any atom is -0.497 e. The molecular formula is C19H23BrN2O. The molecule has 0 radical (unpaired) electrons. The fraction of sp³-hybridized carbons (Fsp3) is 0.368. The van der Waals surface area contributed by atoms with Gasteiger partial charge in [-0.05, 0) is 42.3 Å². The maximum atomic E-state index is 5.35. The zero-order valence-electron chi connectivity index (χ0n) is 13.9. The average molecular weight is 375 g/mol. The number of anilines is 1. The number of fused-ring (bicyclic) bond motifs is 1. The van der Waals surface area contributed by atoms with Crippen molar-refractivity contribution in [2.75, 3.05) is 25.6 Å². The number of nitrogens with zero attached hydrogens (tertiary/aromatic N) is 2. The van der Waals surface area contributed by atoms with E-state index in [0.29, 0.717) is 6.04 Å². The molecule has 0 saturated carbocycles. The molecule has 0 spiro atoms. The highest BCUT2D eigenvalue weighted by molar-refractivity contribution is 9.10. The first kappa shape index (κ1) is 16.3. The predicted octanol–water partition coefficient (Wildman–Crippen LogP) is 4.30. The SMILES string of the molecule is COc1cccc(CN2Cc3ccc(Br)cc3N(C)C[C@H]2C)c1. The Labute approximate surface area is 147 Å². The average Bonchev–Trinajstić information content (AvgIpc) is 2.65. The van der Waals surface area contributed by atoms with Crippen LogP contribution in [0.15, 0.2) is 46.9 Å². The molecule has 1 atom stereocenters. The van der Waals surface area contributed by atoms with Gasteiger partial charge in [0.2, 0.25) is 0 Å². The summed E-state index contributed by atoms with van der Waals surface area (Å²) in [7, 11) is 3.90.